The Bertz CT molecular complexity index is 1160. The first-order valence-corrected chi connectivity index (χ1v) is 12.8. The molecule has 190 valence electrons. The molecule has 5 rings (SSSR count). The largest absolute Gasteiger partial charge is 0.390 e. The molecule has 0 spiro atoms. The number of aromatic nitrogens is 2. The van der Waals surface area contributed by atoms with Crippen molar-refractivity contribution in [2.75, 3.05) is 44.6 Å². The highest BCUT2D eigenvalue weighted by Gasteiger charge is 2.27. The third kappa shape index (κ3) is 5.57. The van der Waals surface area contributed by atoms with E-state index in [0.29, 0.717) is 25.5 Å². The predicted octanol–water partition coefficient (Wildman–Crippen LogP) is 1.71. The zero-order valence-electron chi connectivity index (χ0n) is 20.7. The number of fused-ring (bicyclic) bond motifs is 2. The predicted molar refractivity (Wildman–Crippen MR) is 137 cm³/mol. The van der Waals surface area contributed by atoms with E-state index in [4.69, 9.17) is 0 Å². The van der Waals surface area contributed by atoms with E-state index in [9.17, 15) is 14.7 Å². The van der Waals surface area contributed by atoms with Crippen LogP contribution in [0.2, 0.25) is 0 Å². The molecule has 1 aliphatic carbocycles. The van der Waals surface area contributed by atoms with E-state index < -0.39 is 6.10 Å². The maximum absolute atomic E-state index is 12.7. The summed E-state index contributed by atoms with van der Waals surface area (Å²) in [6.45, 7) is 5.47. The highest BCUT2D eigenvalue weighted by atomic mass is 16.3. The second kappa shape index (κ2) is 10.8. The summed E-state index contributed by atoms with van der Waals surface area (Å²) in [6, 6.07) is 10.4. The van der Waals surface area contributed by atoms with Gasteiger partial charge in [0.1, 0.15) is 17.8 Å². The Kier molecular flexibility index (Phi) is 7.29. The minimum Gasteiger partial charge on any atom is -0.390 e. The first-order chi connectivity index (χ1) is 17.5. The molecule has 0 unspecified atom stereocenters. The molecule has 0 radical (unpaired) electrons. The van der Waals surface area contributed by atoms with Gasteiger partial charge in [-0.05, 0) is 48.0 Å². The summed E-state index contributed by atoms with van der Waals surface area (Å²) in [4.78, 5) is 36.6. The quantitative estimate of drug-likeness (QED) is 0.542. The van der Waals surface area contributed by atoms with Gasteiger partial charge in [-0.15, -0.1) is 0 Å². The van der Waals surface area contributed by atoms with Crippen LogP contribution in [0.25, 0.3) is 5.57 Å². The lowest BCUT2D eigenvalue weighted by atomic mass is 9.99. The Morgan fingerprint density at radius 1 is 1.17 bits per heavy atom. The molecular formula is C27H34N6O3. The maximum Gasteiger partial charge on any atom is 0.270 e. The minimum atomic E-state index is -0.661. The Balaban J connectivity index is 1.08. The number of benzene rings is 1. The van der Waals surface area contributed by atoms with Gasteiger partial charge >= 0.3 is 0 Å². The Morgan fingerprint density at radius 3 is 2.78 bits per heavy atom. The van der Waals surface area contributed by atoms with E-state index in [2.05, 4.69) is 49.8 Å². The third-order valence-electron chi connectivity index (χ3n) is 7.42. The Hall–Kier alpha value is -3.30. The second-order valence-electron chi connectivity index (χ2n) is 9.98. The number of carbonyl (C=O) groups excluding carboxylic acids is 2. The van der Waals surface area contributed by atoms with Crippen LogP contribution in [0, 0.1) is 0 Å². The fraction of sp³-hybridized carbons (Fsp3) is 0.481. The van der Waals surface area contributed by atoms with Gasteiger partial charge in [-0.2, -0.15) is 0 Å². The lowest BCUT2D eigenvalue weighted by Crippen LogP contribution is -2.42. The van der Waals surface area contributed by atoms with Gasteiger partial charge in [-0.25, -0.2) is 9.97 Å². The summed E-state index contributed by atoms with van der Waals surface area (Å²) < 4.78 is 0. The molecular weight excluding hydrogens is 456 g/mol. The van der Waals surface area contributed by atoms with Gasteiger partial charge in [-0.1, -0.05) is 24.3 Å². The number of nitrogens with zero attached hydrogens (tertiary/aromatic N) is 4. The molecule has 2 aliphatic heterocycles. The van der Waals surface area contributed by atoms with Gasteiger partial charge in [-0.3, -0.25) is 14.5 Å². The summed E-state index contributed by atoms with van der Waals surface area (Å²) in [6.07, 6.45) is 4.36. The number of hydrogen-bond donors (Lipinski definition) is 3. The van der Waals surface area contributed by atoms with Crippen molar-refractivity contribution in [3.05, 3.63) is 59.1 Å². The molecule has 1 saturated heterocycles. The highest BCUT2D eigenvalue weighted by molar-refractivity contribution is 5.92. The molecule has 1 aromatic carbocycles. The molecule has 3 aliphatic rings. The van der Waals surface area contributed by atoms with Gasteiger partial charge in [0.05, 0.1) is 6.10 Å². The molecule has 0 bridgehead atoms. The van der Waals surface area contributed by atoms with Crippen LogP contribution in [0.5, 0.6) is 0 Å². The molecule has 2 aromatic rings. The first kappa shape index (κ1) is 24.4. The number of likely N-dealkylation sites (tertiary alicyclic amines) is 1. The van der Waals surface area contributed by atoms with Gasteiger partial charge in [0, 0.05) is 58.3 Å². The van der Waals surface area contributed by atoms with Crippen molar-refractivity contribution in [2.45, 2.75) is 44.8 Å². The number of anilines is 1. The molecule has 1 atom stereocenters. The van der Waals surface area contributed by atoms with Gasteiger partial charge in [0.15, 0.2) is 0 Å². The summed E-state index contributed by atoms with van der Waals surface area (Å²) in [5.41, 5.74) is 5.98. The number of rotatable bonds is 7. The lowest BCUT2D eigenvalue weighted by molar-refractivity contribution is -0.129. The first-order valence-electron chi connectivity index (χ1n) is 12.8. The van der Waals surface area contributed by atoms with Crippen LogP contribution in [0.4, 0.5) is 5.82 Å². The molecule has 1 fully saturated rings. The van der Waals surface area contributed by atoms with E-state index in [1.807, 2.05) is 4.90 Å². The van der Waals surface area contributed by atoms with Gasteiger partial charge in [0.25, 0.3) is 5.91 Å². The average molecular weight is 491 g/mol. The Morgan fingerprint density at radius 2 is 1.97 bits per heavy atom. The van der Waals surface area contributed by atoms with Crippen LogP contribution >= 0.6 is 0 Å². The molecule has 0 saturated carbocycles. The smallest absolute Gasteiger partial charge is 0.270 e. The highest BCUT2D eigenvalue weighted by Crippen LogP contribution is 2.37. The number of amides is 2. The number of aliphatic hydroxyl groups excluding tert-OH is 1. The van der Waals surface area contributed by atoms with E-state index in [1.54, 1.807) is 13.0 Å². The van der Waals surface area contributed by atoms with Gasteiger partial charge in [0.2, 0.25) is 5.91 Å². The van der Waals surface area contributed by atoms with Gasteiger partial charge < -0.3 is 20.6 Å². The zero-order valence-corrected chi connectivity index (χ0v) is 20.7. The molecule has 9 nitrogen and oxygen atoms in total. The molecule has 3 N–H and O–H groups in total. The standard InChI is InChI=1S/C27H34N6O3/c1-18(34)33-10-6-21(7-11-33)31-26-13-25(29-17-30-26)27(36)28-14-22(35)16-32-9-8-24-20(15-32)12-19-4-2-3-5-23(19)24/h2-5,13,17,21-22,35H,6-12,14-16H2,1H3,(H,28,36)(H,29,30,31)/t22-/m0/s1. The topological polar surface area (TPSA) is 111 Å². The monoisotopic (exact) mass is 490 g/mol. The van der Waals surface area contributed by atoms with Crippen molar-refractivity contribution in [1.82, 2.24) is 25.1 Å². The maximum atomic E-state index is 12.7. The van der Waals surface area contributed by atoms with E-state index >= 15 is 0 Å². The molecule has 9 heteroatoms. The van der Waals surface area contributed by atoms with E-state index in [0.717, 1.165) is 38.8 Å². The number of hydrogen-bond acceptors (Lipinski definition) is 7. The molecule has 2 amide bonds. The number of β-amino-alcohol motifs (C(OH)–C–C–N with tert-alkyl or cyclic N) is 1. The van der Waals surface area contributed by atoms with E-state index in [1.165, 1.54) is 28.6 Å². The third-order valence-corrected chi connectivity index (χ3v) is 7.42. The van der Waals surface area contributed by atoms with Crippen molar-refractivity contribution in [1.29, 1.82) is 0 Å². The van der Waals surface area contributed by atoms with Crippen LogP contribution in [0.15, 0.2) is 42.2 Å². The molecule has 36 heavy (non-hydrogen) atoms. The zero-order chi connectivity index (χ0) is 25.1. The second-order valence-corrected chi connectivity index (χ2v) is 9.98. The van der Waals surface area contributed by atoms with Crippen LogP contribution in [-0.2, 0) is 11.2 Å². The fourth-order valence-electron chi connectivity index (χ4n) is 5.51. The molecule has 1 aromatic heterocycles. The van der Waals surface area contributed by atoms with Crippen LogP contribution < -0.4 is 10.6 Å². The van der Waals surface area contributed by atoms with E-state index in [-0.39, 0.29) is 30.1 Å². The number of aliphatic hydroxyl groups is 1. The minimum absolute atomic E-state index is 0.0999. The number of nitrogens with one attached hydrogen (secondary N) is 2. The van der Waals surface area contributed by atoms with Crippen molar-refractivity contribution in [3.8, 4) is 0 Å². The van der Waals surface area contributed by atoms with Crippen molar-refractivity contribution < 1.29 is 14.7 Å². The molecule has 3 heterocycles. The van der Waals surface area contributed by atoms with Crippen molar-refractivity contribution in [3.63, 3.8) is 0 Å². The van der Waals surface area contributed by atoms with Crippen LogP contribution in [-0.4, -0.2) is 88.1 Å². The summed E-state index contributed by atoms with van der Waals surface area (Å²) in [5.74, 6) is 0.357. The van der Waals surface area contributed by atoms with Crippen LogP contribution in [0.3, 0.4) is 0 Å². The normalized spacial score (nSPS) is 19.0. The lowest BCUT2D eigenvalue weighted by Gasteiger charge is -2.31. The van der Waals surface area contributed by atoms with Crippen LogP contribution in [0.1, 0.15) is 47.8 Å². The SMILES string of the molecule is CC(=O)N1CCC(Nc2cc(C(=O)NC[C@H](O)CN3CCC4=C(Cc5ccccc54)C3)ncn2)CC1. The summed E-state index contributed by atoms with van der Waals surface area (Å²) in [5, 5.41) is 16.8. The summed E-state index contributed by atoms with van der Waals surface area (Å²) >= 11 is 0. The summed E-state index contributed by atoms with van der Waals surface area (Å²) in [7, 11) is 0. The Labute approximate surface area is 211 Å². The van der Waals surface area contributed by atoms with Crippen molar-refractivity contribution in [2.24, 2.45) is 0 Å². The fourth-order valence-corrected chi connectivity index (χ4v) is 5.51. The average Bonchev–Trinajstić information content (AvgIpc) is 3.25. The van der Waals surface area contributed by atoms with Crippen molar-refractivity contribution >= 4 is 23.2 Å². The number of piperidine rings is 1. The number of carbonyl (C=O) groups is 2.